The first kappa shape index (κ1) is 10.2. The Morgan fingerprint density at radius 2 is 1.86 bits per heavy atom. The van der Waals surface area contributed by atoms with Crippen LogP contribution in [0.2, 0.25) is 0 Å². The van der Waals surface area contributed by atoms with Crippen LogP contribution in [0.3, 0.4) is 0 Å². The molecule has 1 N–H and O–H groups in total. The van der Waals surface area contributed by atoms with E-state index in [-0.39, 0.29) is 11.3 Å². The van der Waals surface area contributed by atoms with Gasteiger partial charge in [-0.25, -0.2) is 0 Å². The summed E-state index contributed by atoms with van der Waals surface area (Å²) >= 11 is 0. The van der Waals surface area contributed by atoms with Crippen LogP contribution in [-0.4, -0.2) is 16.5 Å². The Labute approximate surface area is 85.7 Å². The second kappa shape index (κ2) is 3.06. The molecule has 0 aliphatic heterocycles. The minimum absolute atomic E-state index is 0.152. The lowest BCUT2D eigenvalue weighted by atomic mass is 9.78. The van der Waals surface area contributed by atoms with Crippen LogP contribution in [0.15, 0.2) is 0 Å². The Kier molecular flexibility index (Phi) is 2.22. The molecule has 0 radical (unpaired) electrons. The lowest BCUT2D eigenvalue weighted by molar-refractivity contribution is -0.124. The van der Waals surface area contributed by atoms with E-state index in [0.717, 1.165) is 32.1 Å². The first-order chi connectivity index (χ1) is 6.45. The molecule has 0 aromatic heterocycles. The van der Waals surface area contributed by atoms with E-state index in [4.69, 9.17) is 0 Å². The average Bonchev–Trinajstić information content (AvgIpc) is 2.57. The van der Waals surface area contributed by atoms with Crippen molar-refractivity contribution in [3.05, 3.63) is 0 Å². The second-order valence-corrected chi connectivity index (χ2v) is 5.70. The molecule has 2 saturated carbocycles. The summed E-state index contributed by atoms with van der Waals surface area (Å²) in [6, 6.07) is 0. The topological polar surface area (TPSA) is 37.3 Å². The van der Waals surface area contributed by atoms with E-state index >= 15 is 0 Å². The number of carbonyl (C=O) groups is 1. The van der Waals surface area contributed by atoms with E-state index in [1.807, 2.05) is 13.8 Å². The maximum absolute atomic E-state index is 11.7. The van der Waals surface area contributed by atoms with Gasteiger partial charge in [-0.1, -0.05) is 13.8 Å². The van der Waals surface area contributed by atoms with Crippen molar-refractivity contribution >= 4 is 5.78 Å². The largest absolute Gasteiger partial charge is 0.390 e. The third-order valence-corrected chi connectivity index (χ3v) is 4.14. The first-order valence-electron chi connectivity index (χ1n) is 5.70. The van der Waals surface area contributed by atoms with E-state index in [1.54, 1.807) is 0 Å². The van der Waals surface area contributed by atoms with Crippen LogP contribution < -0.4 is 0 Å². The Balaban J connectivity index is 2.02. The lowest BCUT2D eigenvalue weighted by Crippen LogP contribution is -2.22. The number of ketones is 1. The third-order valence-electron chi connectivity index (χ3n) is 4.14. The molecule has 14 heavy (non-hydrogen) atoms. The predicted octanol–water partition coefficient (Wildman–Crippen LogP) is 2.30. The van der Waals surface area contributed by atoms with Crippen molar-refractivity contribution in [1.82, 2.24) is 0 Å². The predicted molar refractivity (Wildman–Crippen MR) is 54.9 cm³/mol. The minimum atomic E-state index is -0.405. The Morgan fingerprint density at radius 3 is 2.21 bits per heavy atom. The molecular formula is C12H20O2. The zero-order chi connectivity index (χ0) is 10.4. The number of carbonyl (C=O) groups excluding carboxylic acids is 1. The van der Waals surface area contributed by atoms with Gasteiger partial charge in [0.15, 0.2) is 0 Å². The molecule has 0 atom stereocenters. The maximum Gasteiger partial charge on any atom is 0.135 e. The molecule has 0 aromatic carbocycles. The van der Waals surface area contributed by atoms with Crippen LogP contribution in [0.1, 0.15) is 52.4 Å². The fourth-order valence-corrected chi connectivity index (χ4v) is 3.11. The zero-order valence-corrected chi connectivity index (χ0v) is 9.18. The van der Waals surface area contributed by atoms with Gasteiger partial charge in [0.05, 0.1) is 5.60 Å². The molecule has 0 amide bonds. The van der Waals surface area contributed by atoms with Crippen LogP contribution in [0.4, 0.5) is 0 Å². The third kappa shape index (κ3) is 1.60. The van der Waals surface area contributed by atoms with Gasteiger partial charge in [-0.15, -0.1) is 0 Å². The van der Waals surface area contributed by atoms with Crippen molar-refractivity contribution in [3.8, 4) is 0 Å². The summed E-state index contributed by atoms with van der Waals surface area (Å²) in [6.07, 6.45) is 5.52. The van der Waals surface area contributed by atoms with Crippen molar-refractivity contribution in [2.24, 2.45) is 11.3 Å². The van der Waals surface area contributed by atoms with E-state index in [9.17, 15) is 9.90 Å². The van der Waals surface area contributed by atoms with Gasteiger partial charge in [0, 0.05) is 12.3 Å². The molecular weight excluding hydrogens is 176 g/mol. The van der Waals surface area contributed by atoms with Crippen molar-refractivity contribution in [3.63, 3.8) is 0 Å². The quantitative estimate of drug-likeness (QED) is 0.752. The monoisotopic (exact) mass is 196 g/mol. The van der Waals surface area contributed by atoms with Crippen molar-refractivity contribution in [2.75, 3.05) is 0 Å². The average molecular weight is 196 g/mol. The summed E-state index contributed by atoms with van der Waals surface area (Å²) in [5, 5.41) is 10.0. The number of hydrogen-bond acceptors (Lipinski definition) is 2. The highest BCUT2D eigenvalue weighted by Gasteiger charge is 2.53. The van der Waals surface area contributed by atoms with Gasteiger partial charge >= 0.3 is 0 Å². The summed E-state index contributed by atoms with van der Waals surface area (Å²) in [5.41, 5.74) is -0.229. The van der Waals surface area contributed by atoms with Gasteiger partial charge in [0.25, 0.3) is 0 Å². The molecule has 0 saturated heterocycles. The van der Waals surface area contributed by atoms with Crippen molar-refractivity contribution in [2.45, 2.75) is 58.0 Å². The highest BCUT2D eigenvalue weighted by Crippen LogP contribution is 2.58. The highest BCUT2D eigenvalue weighted by atomic mass is 16.3. The van der Waals surface area contributed by atoms with Crippen LogP contribution in [-0.2, 0) is 4.79 Å². The molecule has 2 aliphatic carbocycles. The van der Waals surface area contributed by atoms with Crippen molar-refractivity contribution < 1.29 is 9.90 Å². The number of fused-ring (bicyclic) bond motifs is 2. The number of rotatable bonds is 3. The lowest BCUT2D eigenvalue weighted by Gasteiger charge is -2.26. The molecule has 0 aromatic rings. The molecule has 2 fully saturated rings. The summed E-state index contributed by atoms with van der Waals surface area (Å²) in [6.45, 7) is 3.93. The molecule has 2 bridgehead atoms. The summed E-state index contributed by atoms with van der Waals surface area (Å²) in [7, 11) is 0. The van der Waals surface area contributed by atoms with Gasteiger partial charge in [-0.05, 0) is 37.5 Å². The SMILES string of the molecule is CC(C)C(=O)CC12CCC(O)(CC1)C2. The van der Waals surface area contributed by atoms with Gasteiger partial charge in [0.1, 0.15) is 5.78 Å². The van der Waals surface area contributed by atoms with Gasteiger partial charge in [0.2, 0.25) is 0 Å². The molecule has 2 nitrogen and oxygen atoms in total. The fraction of sp³-hybridized carbons (Fsp3) is 0.917. The Morgan fingerprint density at radius 1 is 1.29 bits per heavy atom. The fourth-order valence-electron chi connectivity index (χ4n) is 3.11. The van der Waals surface area contributed by atoms with Crippen LogP contribution >= 0.6 is 0 Å². The summed E-state index contributed by atoms with van der Waals surface area (Å²) in [5.74, 6) is 0.523. The van der Waals surface area contributed by atoms with Crippen LogP contribution in [0.5, 0.6) is 0 Å². The van der Waals surface area contributed by atoms with Gasteiger partial charge in [-0.3, -0.25) is 4.79 Å². The Hall–Kier alpha value is -0.370. The van der Waals surface area contributed by atoms with E-state index < -0.39 is 5.60 Å². The molecule has 0 spiro atoms. The minimum Gasteiger partial charge on any atom is -0.390 e. The number of hydrogen-bond donors (Lipinski definition) is 1. The highest BCUT2D eigenvalue weighted by molar-refractivity contribution is 5.81. The van der Waals surface area contributed by atoms with E-state index in [2.05, 4.69) is 0 Å². The standard InChI is InChI=1S/C12H20O2/c1-9(2)10(13)7-11-3-5-12(14,8-11)6-4-11/h9,14H,3-8H2,1-2H3. The molecule has 0 unspecified atom stereocenters. The van der Waals surface area contributed by atoms with E-state index in [1.165, 1.54) is 0 Å². The van der Waals surface area contributed by atoms with Crippen LogP contribution in [0.25, 0.3) is 0 Å². The van der Waals surface area contributed by atoms with E-state index in [0.29, 0.717) is 12.2 Å². The maximum atomic E-state index is 11.7. The molecule has 80 valence electrons. The van der Waals surface area contributed by atoms with Crippen LogP contribution in [0, 0.1) is 11.3 Å². The second-order valence-electron chi connectivity index (χ2n) is 5.70. The smallest absolute Gasteiger partial charge is 0.135 e. The van der Waals surface area contributed by atoms with Gasteiger partial charge in [-0.2, -0.15) is 0 Å². The molecule has 2 rings (SSSR count). The molecule has 0 heterocycles. The number of aliphatic hydroxyl groups is 1. The molecule has 2 heteroatoms. The summed E-state index contributed by atoms with van der Waals surface area (Å²) < 4.78 is 0. The zero-order valence-electron chi connectivity index (χ0n) is 9.18. The first-order valence-corrected chi connectivity index (χ1v) is 5.70. The molecule has 2 aliphatic rings. The number of Topliss-reactive ketones (excluding diaryl/α,β-unsaturated/α-hetero) is 1. The van der Waals surface area contributed by atoms with Crippen molar-refractivity contribution in [1.29, 1.82) is 0 Å². The van der Waals surface area contributed by atoms with Gasteiger partial charge < -0.3 is 5.11 Å². The summed E-state index contributed by atoms with van der Waals surface area (Å²) in [4.78, 5) is 11.7. The normalized spacial score (nSPS) is 40.9. The Bertz CT molecular complexity index is 247.